The van der Waals surface area contributed by atoms with Crippen molar-refractivity contribution in [1.82, 2.24) is 0 Å². The first-order valence-corrected chi connectivity index (χ1v) is 8.95. The third kappa shape index (κ3) is 14.4. The largest absolute Gasteiger partial charge is 0.481 e. The molecule has 0 aliphatic rings. The molecule has 0 heterocycles. The molecule has 2 N–H and O–H groups in total. The van der Waals surface area contributed by atoms with Gasteiger partial charge in [0.15, 0.2) is 0 Å². The average molecular weight is 330 g/mol. The third-order valence-electron chi connectivity index (χ3n) is 4.02. The summed E-state index contributed by atoms with van der Waals surface area (Å²) < 4.78 is 5.31. The van der Waals surface area contributed by atoms with Gasteiger partial charge in [0.2, 0.25) is 0 Å². The highest BCUT2D eigenvalue weighted by atomic mass is 16.5. The number of carboxylic acid groups (broad SMARTS) is 1. The van der Waals surface area contributed by atoms with E-state index in [0.717, 1.165) is 44.9 Å². The molecule has 23 heavy (non-hydrogen) atoms. The van der Waals surface area contributed by atoms with Gasteiger partial charge in [-0.2, -0.15) is 0 Å². The smallest absolute Gasteiger partial charge is 0.303 e. The zero-order chi connectivity index (χ0) is 17.5. The van der Waals surface area contributed by atoms with Crippen LogP contribution in [-0.4, -0.2) is 41.3 Å². The summed E-state index contributed by atoms with van der Waals surface area (Å²) in [5.41, 5.74) is 0. The number of carboxylic acids is 1. The Labute approximate surface area is 140 Å². The second-order valence-electron chi connectivity index (χ2n) is 6.31. The Hall–Kier alpha value is -0.940. The van der Waals surface area contributed by atoms with Crippen molar-refractivity contribution in [3.8, 4) is 0 Å². The van der Waals surface area contributed by atoms with E-state index in [-0.39, 0.29) is 18.1 Å². The summed E-state index contributed by atoms with van der Waals surface area (Å²) in [5.74, 6) is -0.460. The molecule has 0 aliphatic heterocycles. The number of aliphatic hydroxyl groups is 1. The van der Waals surface area contributed by atoms with Crippen molar-refractivity contribution in [1.29, 1.82) is 0 Å². The second kappa shape index (κ2) is 14.6. The minimum atomic E-state index is -0.743. The molecule has 0 radical (unpaired) electrons. The molecule has 0 aliphatic carbocycles. The van der Waals surface area contributed by atoms with Crippen LogP contribution in [0.4, 0.5) is 0 Å². The van der Waals surface area contributed by atoms with E-state index in [1.54, 1.807) is 6.92 Å². The molecule has 0 rings (SSSR count). The van der Waals surface area contributed by atoms with Gasteiger partial charge in [-0.3, -0.25) is 9.59 Å². The van der Waals surface area contributed by atoms with Crippen LogP contribution in [0.15, 0.2) is 0 Å². The van der Waals surface area contributed by atoms with Crippen molar-refractivity contribution in [2.45, 2.75) is 84.2 Å². The number of hydrogen-bond donors (Lipinski definition) is 2. The summed E-state index contributed by atoms with van der Waals surface area (Å²) in [6.45, 7) is 4.72. The molecular formula is C18H34O5. The number of ether oxygens (including phenoxy) is 1. The van der Waals surface area contributed by atoms with Crippen LogP contribution in [-0.2, 0) is 14.3 Å². The zero-order valence-corrected chi connectivity index (χ0v) is 14.8. The third-order valence-corrected chi connectivity index (χ3v) is 4.02. The van der Waals surface area contributed by atoms with Gasteiger partial charge in [-0.1, -0.05) is 32.6 Å². The fourth-order valence-electron chi connectivity index (χ4n) is 2.62. The van der Waals surface area contributed by atoms with E-state index in [2.05, 4.69) is 0 Å². The molecule has 2 unspecified atom stereocenters. The molecular weight excluding hydrogens is 296 g/mol. The van der Waals surface area contributed by atoms with Crippen LogP contribution in [0.2, 0.25) is 0 Å². The Balaban J connectivity index is 3.73. The highest BCUT2D eigenvalue weighted by Crippen LogP contribution is 2.19. The fourth-order valence-corrected chi connectivity index (χ4v) is 2.62. The summed E-state index contributed by atoms with van der Waals surface area (Å²) in [7, 11) is 0. The molecule has 136 valence electrons. The van der Waals surface area contributed by atoms with Crippen molar-refractivity contribution < 1.29 is 24.5 Å². The maximum Gasteiger partial charge on any atom is 0.303 e. The van der Waals surface area contributed by atoms with E-state index >= 15 is 0 Å². The lowest BCUT2D eigenvalue weighted by atomic mass is 9.91. The van der Waals surface area contributed by atoms with Crippen molar-refractivity contribution >= 4 is 11.8 Å². The summed E-state index contributed by atoms with van der Waals surface area (Å²) in [4.78, 5) is 22.1. The van der Waals surface area contributed by atoms with E-state index in [9.17, 15) is 14.7 Å². The predicted octanol–water partition coefficient (Wildman–Crippen LogP) is 3.57. The first-order chi connectivity index (χ1) is 11.0. The van der Waals surface area contributed by atoms with E-state index in [1.807, 2.05) is 6.92 Å². The summed E-state index contributed by atoms with van der Waals surface area (Å²) in [6.07, 6.45) is 7.49. The highest BCUT2D eigenvalue weighted by Gasteiger charge is 2.14. The molecule has 0 fully saturated rings. The van der Waals surface area contributed by atoms with E-state index in [4.69, 9.17) is 9.84 Å². The lowest BCUT2D eigenvalue weighted by molar-refractivity contribution is -0.137. The molecule has 0 amide bonds. The fraction of sp³-hybridized carbons (Fsp3) is 0.889. The van der Waals surface area contributed by atoms with Gasteiger partial charge in [0.1, 0.15) is 5.78 Å². The Morgan fingerprint density at radius 1 is 1.00 bits per heavy atom. The molecule has 0 aromatic rings. The Bertz CT molecular complexity index is 317. The van der Waals surface area contributed by atoms with E-state index in [0.29, 0.717) is 26.1 Å². The number of ketones is 1. The average Bonchev–Trinajstić information content (AvgIpc) is 2.48. The molecule has 0 spiro atoms. The van der Waals surface area contributed by atoms with Crippen LogP contribution in [0.5, 0.6) is 0 Å². The molecule has 0 saturated heterocycles. The molecule has 0 aromatic carbocycles. The summed E-state index contributed by atoms with van der Waals surface area (Å²) in [5, 5.41) is 18.4. The van der Waals surface area contributed by atoms with E-state index < -0.39 is 12.1 Å². The summed E-state index contributed by atoms with van der Waals surface area (Å²) in [6, 6.07) is 0. The molecule has 2 atom stereocenters. The number of aliphatic carboxylic acids is 1. The minimum absolute atomic E-state index is 0.0678. The monoisotopic (exact) mass is 330 g/mol. The topological polar surface area (TPSA) is 83.8 Å². The zero-order valence-electron chi connectivity index (χ0n) is 14.8. The van der Waals surface area contributed by atoms with Gasteiger partial charge in [-0.05, 0) is 39.0 Å². The number of unbranched alkanes of at least 4 members (excludes halogenated alkanes) is 3. The Morgan fingerprint density at radius 2 is 1.65 bits per heavy atom. The van der Waals surface area contributed by atoms with Gasteiger partial charge in [-0.15, -0.1) is 0 Å². The van der Waals surface area contributed by atoms with Crippen LogP contribution in [0.1, 0.15) is 78.1 Å². The van der Waals surface area contributed by atoms with Gasteiger partial charge in [0, 0.05) is 18.9 Å². The minimum Gasteiger partial charge on any atom is -0.481 e. The van der Waals surface area contributed by atoms with Gasteiger partial charge in [0.25, 0.3) is 0 Å². The maximum absolute atomic E-state index is 11.7. The highest BCUT2D eigenvalue weighted by molar-refractivity contribution is 5.78. The van der Waals surface area contributed by atoms with Crippen LogP contribution in [0.25, 0.3) is 0 Å². The lowest BCUT2D eigenvalue weighted by Crippen LogP contribution is -2.17. The lowest BCUT2D eigenvalue weighted by Gasteiger charge is -2.15. The van der Waals surface area contributed by atoms with Gasteiger partial charge in [-0.25, -0.2) is 0 Å². The maximum atomic E-state index is 11.7. The molecule has 0 bridgehead atoms. The SMILES string of the molecule is CCCOCC(O)CCCC(CCCCCCC(=O)O)C(C)=O. The quantitative estimate of drug-likeness (QED) is 0.423. The van der Waals surface area contributed by atoms with Crippen LogP contribution < -0.4 is 0 Å². The molecule has 0 aromatic heterocycles. The number of carbonyl (C=O) groups excluding carboxylic acids is 1. The molecule has 5 nitrogen and oxygen atoms in total. The number of aliphatic hydroxyl groups excluding tert-OH is 1. The van der Waals surface area contributed by atoms with Crippen molar-refractivity contribution in [3.63, 3.8) is 0 Å². The number of hydrogen-bond acceptors (Lipinski definition) is 4. The van der Waals surface area contributed by atoms with Crippen molar-refractivity contribution in [2.75, 3.05) is 13.2 Å². The second-order valence-corrected chi connectivity index (χ2v) is 6.31. The van der Waals surface area contributed by atoms with Crippen molar-refractivity contribution in [3.05, 3.63) is 0 Å². The van der Waals surface area contributed by atoms with Gasteiger partial charge in [0.05, 0.1) is 12.7 Å². The van der Waals surface area contributed by atoms with Gasteiger partial charge < -0.3 is 14.9 Å². The summed E-state index contributed by atoms with van der Waals surface area (Å²) >= 11 is 0. The van der Waals surface area contributed by atoms with Gasteiger partial charge >= 0.3 is 5.97 Å². The standard InChI is InChI=1S/C18H34O5/c1-3-13-23-14-17(20)11-8-10-16(15(2)19)9-6-4-5-7-12-18(21)22/h16-17,20H,3-14H2,1-2H3,(H,21,22). The normalized spacial score (nSPS) is 13.7. The number of rotatable bonds is 16. The van der Waals surface area contributed by atoms with Crippen LogP contribution >= 0.6 is 0 Å². The Morgan fingerprint density at radius 3 is 2.26 bits per heavy atom. The van der Waals surface area contributed by atoms with E-state index in [1.165, 1.54) is 0 Å². The van der Waals surface area contributed by atoms with Crippen LogP contribution in [0.3, 0.4) is 0 Å². The van der Waals surface area contributed by atoms with Crippen molar-refractivity contribution in [2.24, 2.45) is 5.92 Å². The first-order valence-electron chi connectivity index (χ1n) is 8.95. The molecule has 0 saturated carbocycles. The number of Topliss-reactive ketones (excluding diaryl/α,β-unsaturated/α-hetero) is 1. The number of carbonyl (C=O) groups is 2. The Kier molecular flexibility index (Phi) is 14.0. The predicted molar refractivity (Wildman–Crippen MR) is 90.5 cm³/mol. The van der Waals surface area contributed by atoms with Crippen LogP contribution in [0, 0.1) is 5.92 Å². The first kappa shape index (κ1) is 22.1. The molecule has 5 heteroatoms.